The Morgan fingerprint density at radius 1 is 1.41 bits per heavy atom. The molecule has 1 rings (SSSR count). The van der Waals surface area contributed by atoms with Gasteiger partial charge in [0.1, 0.15) is 0 Å². The molecule has 0 saturated carbocycles. The molecule has 17 heavy (non-hydrogen) atoms. The molecule has 96 valence electrons. The van der Waals surface area contributed by atoms with Crippen molar-refractivity contribution in [2.75, 3.05) is 13.7 Å². The van der Waals surface area contributed by atoms with Crippen molar-refractivity contribution < 1.29 is 5.11 Å². The van der Waals surface area contributed by atoms with Crippen LogP contribution in [0.5, 0.6) is 0 Å². The van der Waals surface area contributed by atoms with Gasteiger partial charge < -0.3 is 10.8 Å². The first-order valence-corrected chi connectivity index (χ1v) is 6.10. The number of aliphatic hydroxyl groups is 1. The van der Waals surface area contributed by atoms with Crippen LogP contribution < -0.4 is 5.73 Å². The number of nitrogens with zero attached hydrogens (tertiary/aromatic N) is 2. The third-order valence-corrected chi connectivity index (χ3v) is 3.32. The van der Waals surface area contributed by atoms with E-state index < -0.39 is 0 Å². The molecule has 0 aliphatic heterocycles. The Labute approximate surface area is 103 Å². The molecule has 0 radical (unpaired) electrons. The van der Waals surface area contributed by atoms with E-state index in [2.05, 4.69) is 16.8 Å². The summed E-state index contributed by atoms with van der Waals surface area (Å²) in [6, 6.07) is 4.23. The minimum atomic E-state index is 0.0522. The van der Waals surface area contributed by atoms with Crippen LogP contribution in [0.1, 0.15) is 31.9 Å². The first-order valence-electron chi connectivity index (χ1n) is 6.10. The quantitative estimate of drug-likeness (QED) is 0.779. The lowest BCUT2D eigenvalue weighted by Crippen LogP contribution is -2.44. The van der Waals surface area contributed by atoms with Crippen LogP contribution in [-0.2, 0) is 0 Å². The standard InChI is InChI=1S/C13H23N3O/c1-4-12(14)13(16(3)10(2)9-17)11-5-7-15-8-6-11/h5-8,10,12-13,17H,4,9,14H2,1-3H3. The fourth-order valence-electron chi connectivity index (χ4n) is 1.97. The number of hydrogen-bond acceptors (Lipinski definition) is 4. The molecule has 0 aliphatic rings. The molecule has 0 amide bonds. The molecule has 1 heterocycles. The molecule has 0 bridgehead atoms. The van der Waals surface area contributed by atoms with Crippen molar-refractivity contribution in [2.24, 2.45) is 5.73 Å². The van der Waals surface area contributed by atoms with E-state index in [0.29, 0.717) is 0 Å². The molecule has 4 nitrogen and oxygen atoms in total. The largest absolute Gasteiger partial charge is 0.395 e. The van der Waals surface area contributed by atoms with E-state index in [4.69, 9.17) is 5.73 Å². The maximum absolute atomic E-state index is 9.26. The van der Waals surface area contributed by atoms with Gasteiger partial charge in [0, 0.05) is 24.5 Å². The van der Waals surface area contributed by atoms with Crippen LogP contribution in [0, 0.1) is 0 Å². The number of pyridine rings is 1. The van der Waals surface area contributed by atoms with Crippen LogP contribution in [-0.4, -0.2) is 40.7 Å². The zero-order valence-electron chi connectivity index (χ0n) is 10.9. The molecule has 3 N–H and O–H groups in total. The third-order valence-electron chi connectivity index (χ3n) is 3.32. The fraction of sp³-hybridized carbons (Fsp3) is 0.615. The Balaban J connectivity index is 2.96. The number of hydrogen-bond donors (Lipinski definition) is 2. The van der Waals surface area contributed by atoms with Gasteiger partial charge >= 0.3 is 0 Å². The minimum absolute atomic E-state index is 0.0522. The molecule has 3 atom stereocenters. The van der Waals surface area contributed by atoms with Gasteiger partial charge in [0.05, 0.1) is 12.6 Å². The molecule has 0 aromatic carbocycles. The topological polar surface area (TPSA) is 62.4 Å². The maximum atomic E-state index is 9.26. The van der Waals surface area contributed by atoms with Crippen LogP contribution in [0.2, 0.25) is 0 Å². The van der Waals surface area contributed by atoms with Crippen molar-refractivity contribution in [3.63, 3.8) is 0 Å². The summed E-state index contributed by atoms with van der Waals surface area (Å²) < 4.78 is 0. The first-order chi connectivity index (χ1) is 8.11. The van der Waals surface area contributed by atoms with Gasteiger partial charge in [0.25, 0.3) is 0 Å². The molecule has 0 saturated heterocycles. The second-order valence-corrected chi connectivity index (χ2v) is 4.49. The molecular formula is C13H23N3O. The van der Waals surface area contributed by atoms with Gasteiger partial charge in [-0.2, -0.15) is 0 Å². The van der Waals surface area contributed by atoms with Gasteiger partial charge in [0.15, 0.2) is 0 Å². The monoisotopic (exact) mass is 237 g/mol. The predicted octanol–water partition coefficient (Wildman–Crippen LogP) is 1.17. The average molecular weight is 237 g/mol. The Kier molecular flexibility index (Phi) is 5.55. The summed E-state index contributed by atoms with van der Waals surface area (Å²) in [6.45, 7) is 4.21. The van der Waals surface area contributed by atoms with Crippen molar-refractivity contribution >= 4 is 0 Å². The fourth-order valence-corrected chi connectivity index (χ4v) is 1.97. The van der Waals surface area contributed by atoms with Crippen molar-refractivity contribution in [2.45, 2.75) is 38.4 Å². The highest BCUT2D eigenvalue weighted by Gasteiger charge is 2.25. The number of rotatable bonds is 6. The third kappa shape index (κ3) is 3.49. The second-order valence-electron chi connectivity index (χ2n) is 4.49. The van der Waals surface area contributed by atoms with E-state index in [0.717, 1.165) is 12.0 Å². The normalized spacial score (nSPS) is 16.8. The highest BCUT2D eigenvalue weighted by atomic mass is 16.3. The van der Waals surface area contributed by atoms with E-state index in [1.807, 2.05) is 26.1 Å². The highest BCUT2D eigenvalue weighted by molar-refractivity contribution is 5.17. The SMILES string of the molecule is CCC(N)C(c1ccncc1)N(C)C(C)CO. The summed E-state index contributed by atoms with van der Waals surface area (Å²) in [7, 11) is 2.00. The van der Waals surface area contributed by atoms with Crippen molar-refractivity contribution in [3.8, 4) is 0 Å². The molecule has 1 aromatic rings. The first kappa shape index (κ1) is 14.1. The second kappa shape index (κ2) is 6.69. The van der Waals surface area contributed by atoms with E-state index >= 15 is 0 Å². The van der Waals surface area contributed by atoms with Gasteiger partial charge in [-0.1, -0.05) is 6.92 Å². The number of aromatic nitrogens is 1. The summed E-state index contributed by atoms with van der Waals surface area (Å²) in [5.74, 6) is 0. The number of aliphatic hydroxyl groups excluding tert-OH is 1. The van der Waals surface area contributed by atoms with E-state index in [1.54, 1.807) is 12.4 Å². The summed E-state index contributed by atoms with van der Waals surface area (Å²) in [6.07, 6.45) is 4.46. The molecule has 4 heteroatoms. The summed E-state index contributed by atoms with van der Waals surface area (Å²) in [5, 5.41) is 9.26. The lowest BCUT2D eigenvalue weighted by atomic mass is 9.96. The van der Waals surface area contributed by atoms with Crippen LogP contribution in [0.15, 0.2) is 24.5 Å². The predicted molar refractivity (Wildman–Crippen MR) is 69.6 cm³/mol. The van der Waals surface area contributed by atoms with Crippen molar-refractivity contribution in [3.05, 3.63) is 30.1 Å². The van der Waals surface area contributed by atoms with Crippen molar-refractivity contribution in [1.29, 1.82) is 0 Å². The molecule has 0 aliphatic carbocycles. The zero-order valence-corrected chi connectivity index (χ0v) is 10.9. The van der Waals surface area contributed by atoms with Crippen molar-refractivity contribution in [1.82, 2.24) is 9.88 Å². The lowest BCUT2D eigenvalue weighted by Gasteiger charge is -2.36. The van der Waals surface area contributed by atoms with Crippen LogP contribution in [0.3, 0.4) is 0 Å². The average Bonchev–Trinajstić information content (AvgIpc) is 2.38. The van der Waals surface area contributed by atoms with Crippen LogP contribution in [0.4, 0.5) is 0 Å². The Morgan fingerprint density at radius 3 is 2.47 bits per heavy atom. The minimum Gasteiger partial charge on any atom is -0.395 e. The molecule has 0 fully saturated rings. The van der Waals surface area contributed by atoms with Gasteiger partial charge in [0.2, 0.25) is 0 Å². The number of nitrogens with two attached hydrogens (primary N) is 1. The van der Waals surface area contributed by atoms with Gasteiger partial charge in [-0.05, 0) is 38.1 Å². The Hall–Kier alpha value is -0.970. The van der Waals surface area contributed by atoms with Gasteiger partial charge in [-0.3, -0.25) is 9.88 Å². The van der Waals surface area contributed by atoms with Crippen LogP contribution in [0.25, 0.3) is 0 Å². The number of likely N-dealkylation sites (N-methyl/N-ethyl adjacent to an activating group) is 1. The smallest absolute Gasteiger partial charge is 0.0584 e. The van der Waals surface area contributed by atoms with E-state index in [-0.39, 0.29) is 24.7 Å². The summed E-state index contributed by atoms with van der Waals surface area (Å²) >= 11 is 0. The molecule has 1 aromatic heterocycles. The highest BCUT2D eigenvalue weighted by Crippen LogP contribution is 2.24. The molecular weight excluding hydrogens is 214 g/mol. The van der Waals surface area contributed by atoms with Gasteiger partial charge in [-0.15, -0.1) is 0 Å². The summed E-state index contributed by atoms with van der Waals surface area (Å²) in [5.41, 5.74) is 7.35. The van der Waals surface area contributed by atoms with E-state index in [9.17, 15) is 5.11 Å². The van der Waals surface area contributed by atoms with Crippen LogP contribution >= 0.6 is 0 Å². The summed E-state index contributed by atoms with van der Waals surface area (Å²) in [4.78, 5) is 6.16. The maximum Gasteiger partial charge on any atom is 0.0584 e. The molecule has 0 spiro atoms. The Bertz CT molecular complexity index is 318. The lowest BCUT2D eigenvalue weighted by molar-refractivity contribution is 0.105. The van der Waals surface area contributed by atoms with Gasteiger partial charge in [-0.25, -0.2) is 0 Å². The zero-order chi connectivity index (χ0) is 12.8. The van der Waals surface area contributed by atoms with E-state index in [1.165, 1.54) is 0 Å². The molecule has 3 unspecified atom stereocenters. The Morgan fingerprint density at radius 2 is 2.00 bits per heavy atom.